The normalized spacial score (nSPS) is 10.4. The molecule has 1 aromatic heterocycles. The predicted octanol–water partition coefficient (Wildman–Crippen LogP) is 2.68. The minimum absolute atomic E-state index is 0.0885. The Labute approximate surface area is 73.1 Å². The third-order valence-corrected chi connectivity index (χ3v) is 1.48. The summed E-state index contributed by atoms with van der Waals surface area (Å²) in [4.78, 5) is 3.58. The maximum atomic E-state index is 12.2. The van der Waals surface area contributed by atoms with Crippen LogP contribution in [0.3, 0.4) is 0 Å². The average molecular weight is 194 g/mol. The molecule has 0 aliphatic heterocycles. The van der Waals surface area contributed by atoms with Gasteiger partial charge in [0.2, 0.25) is 5.88 Å². The quantitative estimate of drug-likeness (QED) is 0.721. The van der Waals surface area contributed by atoms with Crippen LogP contribution in [0.5, 0.6) is 5.88 Å². The van der Waals surface area contributed by atoms with Crippen molar-refractivity contribution in [1.29, 1.82) is 0 Å². The number of aromatic nitrogens is 1. The van der Waals surface area contributed by atoms with Crippen molar-refractivity contribution in [1.82, 2.24) is 4.98 Å². The first-order chi connectivity index (χ1) is 5.65. The molecule has 12 heavy (non-hydrogen) atoms. The van der Waals surface area contributed by atoms with Crippen LogP contribution in [0.15, 0.2) is 12.3 Å². The molecular weight excluding hydrogens is 188 g/mol. The first kappa shape index (κ1) is 9.19. The molecule has 5 heteroatoms. The number of methoxy groups -OCH3 is 1. The van der Waals surface area contributed by atoms with Gasteiger partial charge in [0, 0.05) is 6.20 Å². The van der Waals surface area contributed by atoms with Crippen molar-refractivity contribution in [3.05, 3.63) is 22.8 Å². The van der Waals surface area contributed by atoms with E-state index in [-0.39, 0.29) is 16.5 Å². The summed E-state index contributed by atoms with van der Waals surface area (Å²) >= 11 is 5.47. The van der Waals surface area contributed by atoms with Crippen molar-refractivity contribution >= 4 is 11.6 Å². The smallest absolute Gasteiger partial charge is 0.269 e. The summed E-state index contributed by atoms with van der Waals surface area (Å²) in [5.74, 6) is -0.0885. The molecule has 0 aliphatic carbocycles. The standard InChI is InChI=1S/C7H6ClF2NO/c1-12-7-5(6(9)10)2-4(8)3-11-7/h2-3,6H,1H3. The van der Waals surface area contributed by atoms with Crippen LogP contribution in [0.25, 0.3) is 0 Å². The SMILES string of the molecule is COc1ncc(Cl)cc1C(F)F. The molecule has 1 rings (SSSR count). The predicted molar refractivity (Wildman–Crippen MR) is 40.8 cm³/mol. The van der Waals surface area contributed by atoms with Gasteiger partial charge in [-0.15, -0.1) is 0 Å². The lowest BCUT2D eigenvalue weighted by Crippen LogP contribution is -1.94. The Morgan fingerprint density at radius 3 is 2.75 bits per heavy atom. The van der Waals surface area contributed by atoms with Crippen LogP contribution < -0.4 is 4.74 Å². The number of nitrogens with zero attached hydrogens (tertiary/aromatic N) is 1. The van der Waals surface area contributed by atoms with Gasteiger partial charge < -0.3 is 4.74 Å². The molecule has 0 bridgehead atoms. The first-order valence-corrected chi connectivity index (χ1v) is 3.50. The highest BCUT2D eigenvalue weighted by molar-refractivity contribution is 6.30. The van der Waals surface area contributed by atoms with E-state index in [2.05, 4.69) is 9.72 Å². The Hall–Kier alpha value is -0.900. The van der Waals surface area contributed by atoms with Gasteiger partial charge in [0.15, 0.2) is 0 Å². The zero-order valence-corrected chi connectivity index (χ0v) is 6.98. The zero-order valence-electron chi connectivity index (χ0n) is 6.22. The van der Waals surface area contributed by atoms with Gasteiger partial charge in [-0.05, 0) is 6.07 Å². The van der Waals surface area contributed by atoms with Gasteiger partial charge in [-0.2, -0.15) is 0 Å². The summed E-state index contributed by atoms with van der Waals surface area (Å²) in [6, 6.07) is 1.14. The molecule has 0 spiro atoms. The minimum Gasteiger partial charge on any atom is -0.481 e. The Balaban J connectivity index is 3.12. The van der Waals surface area contributed by atoms with Crippen LogP contribution in [-0.4, -0.2) is 12.1 Å². The van der Waals surface area contributed by atoms with E-state index >= 15 is 0 Å². The fourth-order valence-electron chi connectivity index (χ4n) is 0.769. The third-order valence-electron chi connectivity index (χ3n) is 1.27. The highest BCUT2D eigenvalue weighted by atomic mass is 35.5. The number of hydrogen-bond donors (Lipinski definition) is 0. The lowest BCUT2D eigenvalue weighted by molar-refractivity contribution is 0.146. The second-order valence-electron chi connectivity index (χ2n) is 2.05. The Morgan fingerprint density at radius 2 is 2.25 bits per heavy atom. The van der Waals surface area contributed by atoms with Crippen molar-refractivity contribution < 1.29 is 13.5 Å². The fourth-order valence-corrected chi connectivity index (χ4v) is 0.936. The summed E-state index contributed by atoms with van der Waals surface area (Å²) in [5, 5.41) is 0.172. The monoisotopic (exact) mass is 193 g/mol. The molecule has 0 unspecified atom stereocenters. The van der Waals surface area contributed by atoms with Crippen LogP contribution >= 0.6 is 11.6 Å². The molecule has 0 radical (unpaired) electrons. The second kappa shape index (κ2) is 3.67. The summed E-state index contributed by atoms with van der Waals surface area (Å²) in [5.41, 5.74) is -0.287. The molecule has 2 nitrogen and oxygen atoms in total. The van der Waals surface area contributed by atoms with Crippen LogP contribution in [0, 0.1) is 0 Å². The topological polar surface area (TPSA) is 22.1 Å². The van der Waals surface area contributed by atoms with E-state index in [1.165, 1.54) is 13.3 Å². The Morgan fingerprint density at radius 1 is 1.58 bits per heavy atom. The van der Waals surface area contributed by atoms with E-state index < -0.39 is 6.43 Å². The summed E-state index contributed by atoms with van der Waals surface area (Å²) < 4.78 is 29.0. The molecule has 0 saturated heterocycles. The van der Waals surface area contributed by atoms with Crippen molar-refractivity contribution in [3.8, 4) is 5.88 Å². The number of rotatable bonds is 2. The maximum absolute atomic E-state index is 12.2. The third kappa shape index (κ3) is 1.82. The lowest BCUT2D eigenvalue weighted by atomic mass is 10.3. The summed E-state index contributed by atoms with van der Waals surface area (Å²) in [7, 11) is 1.28. The molecule has 1 aromatic rings. The van der Waals surface area contributed by atoms with Crippen LogP contribution in [0.2, 0.25) is 5.02 Å². The second-order valence-corrected chi connectivity index (χ2v) is 2.49. The molecule has 0 N–H and O–H groups in total. The van der Waals surface area contributed by atoms with E-state index in [0.29, 0.717) is 0 Å². The van der Waals surface area contributed by atoms with E-state index in [1.807, 2.05) is 0 Å². The van der Waals surface area contributed by atoms with E-state index in [9.17, 15) is 8.78 Å². The highest BCUT2D eigenvalue weighted by Gasteiger charge is 2.14. The van der Waals surface area contributed by atoms with Crippen molar-refractivity contribution in [2.24, 2.45) is 0 Å². The molecule has 0 aliphatic rings. The molecule has 0 fully saturated rings. The Kier molecular flexibility index (Phi) is 2.81. The van der Waals surface area contributed by atoms with Crippen LogP contribution in [0.4, 0.5) is 8.78 Å². The molecule has 0 saturated carbocycles. The zero-order chi connectivity index (χ0) is 9.14. The van der Waals surface area contributed by atoms with Gasteiger partial charge in [-0.3, -0.25) is 0 Å². The molecule has 0 atom stereocenters. The molecule has 0 amide bonds. The summed E-state index contributed by atoms with van der Waals surface area (Å²) in [6.07, 6.45) is -1.36. The minimum atomic E-state index is -2.62. The van der Waals surface area contributed by atoms with E-state index in [4.69, 9.17) is 11.6 Å². The number of pyridine rings is 1. The number of halogens is 3. The average Bonchev–Trinajstić information content (AvgIpc) is 2.04. The largest absolute Gasteiger partial charge is 0.481 e. The molecular formula is C7H6ClF2NO. The first-order valence-electron chi connectivity index (χ1n) is 3.12. The van der Waals surface area contributed by atoms with Gasteiger partial charge in [0.05, 0.1) is 17.7 Å². The number of alkyl halides is 2. The van der Waals surface area contributed by atoms with Gasteiger partial charge in [0.25, 0.3) is 6.43 Å². The van der Waals surface area contributed by atoms with Gasteiger partial charge >= 0.3 is 0 Å². The van der Waals surface area contributed by atoms with E-state index in [1.54, 1.807) is 0 Å². The van der Waals surface area contributed by atoms with Gasteiger partial charge in [-0.25, -0.2) is 13.8 Å². The van der Waals surface area contributed by atoms with Crippen molar-refractivity contribution in [2.45, 2.75) is 6.43 Å². The Bertz CT molecular complexity index is 280. The van der Waals surface area contributed by atoms with Crippen molar-refractivity contribution in [3.63, 3.8) is 0 Å². The van der Waals surface area contributed by atoms with Crippen LogP contribution in [0.1, 0.15) is 12.0 Å². The lowest BCUT2D eigenvalue weighted by Gasteiger charge is -2.05. The molecule has 66 valence electrons. The highest BCUT2D eigenvalue weighted by Crippen LogP contribution is 2.28. The van der Waals surface area contributed by atoms with Gasteiger partial charge in [-0.1, -0.05) is 11.6 Å². The van der Waals surface area contributed by atoms with Crippen molar-refractivity contribution in [2.75, 3.05) is 7.11 Å². The molecule has 0 aromatic carbocycles. The molecule has 1 heterocycles. The summed E-state index contributed by atoms with van der Waals surface area (Å²) in [6.45, 7) is 0. The number of ether oxygens (including phenoxy) is 1. The van der Waals surface area contributed by atoms with Gasteiger partial charge in [0.1, 0.15) is 0 Å². The maximum Gasteiger partial charge on any atom is 0.269 e. The van der Waals surface area contributed by atoms with Crippen LogP contribution in [-0.2, 0) is 0 Å². The fraction of sp³-hybridized carbons (Fsp3) is 0.286. The van der Waals surface area contributed by atoms with E-state index in [0.717, 1.165) is 6.07 Å². The number of hydrogen-bond acceptors (Lipinski definition) is 2.